The summed E-state index contributed by atoms with van der Waals surface area (Å²) in [6.07, 6.45) is 2.58. The molecule has 0 aliphatic carbocycles. The zero-order valence-corrected chi connectivity index (χ0v) is 10.8. The molecule has 16 heavy (non-hydrogen) atoms. The summed E-state index contributed by atoms with van der Waals surface area (Å²) in [7, 11) is 0. The largest absolute Gasteiger partial charge is 0.299 e. The van der Waals surface area contributed by atoms with Gasteiger partial charge in [-0.2, -0.15) is 5.10 Å². The highest BCUT2D eigenvalue weighted by Gasteiger charge is 2.15. The lowest BCUT2D eigenvalue weighted by Gasteiger charge is -2.09. The Morgan fingerprint density at radius 3 is 2.75 bits per heavy atom. The SMILES string of the molecule is CCCC(C)C(=O)Cc1cc(C)nn1CC. The van der Waals surface area contributed by atoms with E-state index in [0.717, 1.165) is 30.8 Å². The van der Waals surface area contributed by atoms with E-state index in [9.17, 15) is 4.79 Å². The number of carbonyl (C=O) groups is 1. The molecule has 1 atom stereocenters. The number of rotatable bonds is 6. The standard InChI is InChI=1S/C13H22N2O/c1-5-7-10(3)13(16)9-12-8-11(4)14-15(12)6-2/h8,10H,5-7,9H2,1-4H3. The van der Waals surface area contributed by atoms with Crippen LogP contribution in [0.25, 0.3) is 0 Å². The highest BCUT2D eigenvalue weighted by atomic mass is 16.1. The first-order valence-electron chi connectivity index (χ1n) is 6.14. The molecule has 90 valence electrons. The van der Waals surface area contributed by atoms with Crippen molar-refractivity contribution in [1.29, 1.82) is 0 Å². The Balaban J connectivity index is 2.68. The molecule has 1 heterocycles. The minimum Gasteiger partial charge on any atom is -0.299 e. The van der Waals surface area contributed by atoms with Crippen molar-refractivity contribution in [2.75, 3.05) is 0 Å². The molecule has 0 N–H and O–H groups in total. The van der Waals surface area contributed by atoms with Gasteiger partial charge >= 0.3 is 0 Å². The number of Topliss-reactive ketones (excluding diaryl/α,β-unsaturated/α-hetero) is 1. The Kier molecular flexibility index (Phi) is 4.71. The fourth-order valence-electron chi connectivity index (χ4n) is 1.96. The first-order valence-corrected chi connectivity index (χ1v) is 6.14. The predicted octanol–water partition coefficient (Wildman–Crippen LogP) is 2.76. The zero-order valence-electron chi connectivity index (χ0n) is 10.8. The number of aryl methyl sites for hydroxylation is 2. The lowest BCUT2D eigenvalue weighted by molar-refractivity contribution is -0.122. The van der Waals surface area contributed by atoms with Crippen molar-refractivity contribution in [3.8, 4) is 0 Å². The Morgan fingerprint density at radius 2 is 2.19 bits per heavy atom. The van der Waals surface area contributed by atoms with Crippen LogP contribution in [0.15, 0.2) is 6.07 Å². The van der Waals surface area contributed by atoms with Crippen molar-refractivity contribution in [1.82, 2.24) is 9.78 Å². The van der Waals surface area contributed by atoms with E-state index in [4.69, 9.17) is 0 Å². The smallest absolute Gasteiger partial charge is 0.141 e. The van der Waals surface area contributed by atoms with Gasteiger partial charge in [-0.1, -0.05) is 20.3 Å². The van der Waals surface area contributed by atoms with Gasteiger partial charge in [0, 0.05) is 24.6 Å². The summed E-state index contributed by atoms with van der Waals surface area (Å²) in [5.41, 5.74) is 2.04. The fourth-order valence-corrected chi connectivity index (χ4v) is 1.96. The Hall–Kier alpha value is -1.12. The normalized spacial score (nSPS) is 12.8. The van der Waals surface area contributed by atoms with Gasteiger partial charge in [-0.25, -0.2) is 0 Å². The molecule has 0 amide bonds. The highest BCUT2D eigenvalue weighted by molar-refractivity contribution is 5.82. The minimum atomic E-state index is 0.172. The van der Waals surface area contributed by atoms with E-state index in [0.29, 0.717) is 12.2 Å². The van der Waals surface area contributed by atoms with Crippen LogP contribution >= 0.6 is 0 Å². The van der Waals surface area contributed by atoms with Gasteiger partial charge < -0.3 is 0 Å². The number of nitrogens with zero attached hydrogens (tertiary/aromatic N) is 2. The van der Waals surface area contributed by atoms with Gasteiger partial charge in [0.1, 0.15) is 5.78 Å². The minimum absolute atomic E-state index is 0.172. The molecule has 0 radical (unpaired) electrons. The van der Waals surface area contributed by atoms with E-state index in [2.05, 4.69) is 18.9 Å². The van der Waals surface area contributed by atoms with Crippen LogP contribution in [0.4, 0.5) is 0 Å². The highest BCUT2D eigenvalue weighted by Crippen LogP contribution is 2.12. The Bertz CT molecular complexity index is 355. The summed E-state index contributed by atoms with van der Waals surface area (Å²) in [6.45, 7) is 8.99. The first kappa shape index (κ1) is 12.9. The van der Waals surface area contributed by atoms with Crippen molar-refractivity contribution in [2.24, 2.45) is 5.92 Å². The van der Waals surface area contributed by atoms with Crippen LogP contribution in [0.3, 0.4) is 0 Å². The average molecular weight is 222 g/mol. The molecule has 0 aromatic carbocycles. The molecule has 0 aliphatic heterocycles. The summed E-state index contributed by atoms with van der Waals surface area (Å²) >= 11 is 0. The molecule has 0 spiro atoms. The summed E-state index contributed by atoms with van der Waals surface area (Å²) in [5, 5.41) is 4.35. The van der Waals surface area contributed by atoms with E-state index in [1.165, 1.54) is 0 Å². The van der Waals surface area contributed by atoms with Crippen LogP contribution in [-0.4, -0.2) is 15.6 Å². The number of hydrogen-bond acceptors (Lipinski definition) is 2. The second kappa shape index (κ2) is 5.83. The Morgan fingerprint density at radius 1 is 1.50 bits per heavy atom. The van der Waals surface area contributed by atoms with Crippen LogP contribution in [0.5, 0.6) is 0 Å². The summed E-state index contributed by atoms with van der Waals surface area (Å²) in [5.74, 6) is 0.502. The van der Waals surface area contributed by atoms with Crippen molar-refractivity contribution in [3.63, 3.8) is 0 Å². The molecule has 1 rings (SSSR count). The van der Waals surface area contributed by atoms with Crippen molar-refractivity contribution in [2.45, 2.75) is 53.5 Å². The molecule has 1 aromatic heterocycles. The molecular weight excluding hydrogens is 200 g/mol. The molecule has 0 saturated carbocycles. The molecule has 0 saturated heterocycles. The number of ketones is 1. The summed E-state index contributed by atoms with van der Waals surface area (Å²) in [4.78, 5) is 11.9. The maximum atomic E-state index is 11.9. The monoisotopic (exact) mass is 222 g/mol. The summed E-state index contributed by atoms with van der Waals surface area (Å²) in [6, 6.07) is 2.01. The van der Waals surface area contributed by atoms with Crippen LogP contribution in [0.2, 0.25) is 0 Å². The van der Waals surface area contributed by atoms with Gasteiger partial charge in [0.2, 0.25) is 0 Å². The Labute approximate surface area is 97.8 Å². The molecule has 1 unspecified atom stereocenters. The second-order valence-corrected chi connectivity index (χ2v) is 4.43. The third-order valence-corrected chi connectivity index (χ3v) is 2.91. The van der Waals surface area contributed by atoms with Crippen LogP contribution in [-0.2, 0) is 17.8 Å². The van der Waals surface area contributed by atoms with Gasteiger partial charge in [-0.05, 0) is 26.3 Å². The van der Waals surface area contributed by atoms with E-state index in [-0.39, 0.29) is 5.92 Å². The predicted molar refractivity (Wildman–Crippen MR) is 65.4 cm³/mol. The molecule has 3 nitrogen and oxygen atoms in total. The van der Waals surface area contributed by atoms with Crippen molar-refractivity contribution >= 4 is 5.78 Å². The molecule has 0 aliphatic rings. The molecule has 0 bridgehead atoms. The molecule has 3 heteroatoms. The molecule has 0 fully saturated rings. The van der Waals surface area contributed by atoms with Crippen LogP contribution < -0.4 is 0 Å². The van der Waals surface area contributed by atoms with E-state index >= 15 is 0 Å². The van der Waals surface area contributed by atoms with E-state index in [1.54, 1.807) is 0 Å². The van der Waals surface area contributed by atoms with Crippen molar-refractivity contribution in [3.05, 3.63) is 17.5 Å². The summed E-state index contributed by atoms with van der Waals surface area (Å²) < 4.78 is 1.92. The van der Waals surface area contributed by atoms with Crippen molar-refractivity contribution < 1.29 is 4.79 Å². The average Bonchev–Trinajstić information content (AvgIpc) is 2.59. The second-order valence-electron chi connectivity index (χ2n) is 4.43. The number of aromatic nitrogens is 2. The topological polar surface area (TPSA) is 34.9 Å². The maximum absolute atomic E-state index is 11.9. The van der Waals surface area contributed by atoms with E-state index < -0.39 is 0 Å². The third-order valence-electron chi connectivity index (χ3n) is 2.91. The zero-order chi connectivity index (χ0) is 12.1. The van der Waals surface area contributed by atoms with Gasteiger partial charge in [0.05, 0.1) is 5.69 Å². The third kappa shape index (κ3) is 3.19. The lowest BCUT2D eigenvalue weighted by Crippen LogP contribution is -2.16. The van der Waals surface area contributed by atoms with Gasteiger partial charge in [0.15, 0.2) is 0 Å². The van der Waals surface area contributed by atoms with Crippen LogP contribution in [0, 0.1) is 12.8 Å². The van der Waals surface area contributed by atoms with Gasteiger partial charge in [0.25, 0.3) is 0 Å². The number of carbonyl (C=O) groups excluding carboxylic acids is 1. The fraction of sp³-hybridized carbons (Fsp3) is 0.692. The molecular formula is C13H22N2O. The maximum Gasteiger partial charge on any atom is 0.141 e. The van der Waals surface area contributed by atoms with Crippen LogP contribution in [0.1, 0.15) is 45.0 Å². The van der Waals surface area contributed by atoms with E-state index in [1.807, 2.05) is 24.6 Å². The number of hydrogen-bond donors (Lipinski definition) is 0. The quantitative estimate of drug-likeness (QED) is 0.741. The van der Waals surface area contributed by atoms with Gasteiger partial charge in [-0.15, -0.1) is 0 Å². The first-order chi connectivity index (χ1) is 7.58. The van der Waals surface area contributed by atoms with Gasteiger partial charge in [-0.3, -0.25) is 9.48 Å². The lowest BCUT2D eigenvalue weighted by atomic mass is 9.97. The molecule has 1 aromatic rings.